The van der Waals surface area contributed by atoms with Crippen LogP contribution in [-0.2, 0) is 14.7 Å². The molecule has 118 valence electrons. The van der Waals surface area contributed by atoms with Crippen LogP contribution in [0.5, 0.6) is 0 Å². The molecule has 2 heterocycles. The molecule has 0 saturated carbocycles. The maximum Gasteiger partial charge on any atom is 0.203 e. The van der Waals surface area contributed by atoms with Gasteiger partial charge < -0.3 is 9.36 Å². The lowest BCUT2D eigenvalue weighted by Crippen LogP contribution is -2.25. The number of sulfone groups is 1. The first-order valence-electron chi connectivity index (χ1n) is 6.74. The standard InChI is InChI=1S/C14H15FN2O4S/c1-8(22(18,19)12-7-14(2,3)21-16-12)13-10-6-9(15)4-5-11(10)20-17-13/h4-6,8H,7H2,1-3H3/t8-/m0/s1. The first kappa shape index (κ1) is 15.0. The lowest BCUT2D eigenvalue weighted by Gasteiger charge is -2.14. The molecule has 1 aromatic heterocycles. The number of fused-ring (bicyclic) bond motifs is 1. The lowest BCUT2D eigenvalue weighted by molar-refractivity contribution is 0.0123. The molecule has 0 fully saturated rings. The largest absolute Gasteiger partial charge is 0.389 e. The molecule has 0 bridgehead atoms. The minimum atomic E-state index is -3.76. The topological polar surface area (TPSA) is 81.8 Å². The second kappa shape index (κ2) is 4.77. The van der Waals surface area contributed by atoms with Crippen LogP contribution in [0.1, 0.15) is 38.1 Å². The van der Waals surface area contributed by atoms with Crippen LogP contribution >= 0.6 is 0 Å². The van der Waals surface area contributed by atoms with E-state index in [-0.39, 0.29) is 17.2 Å². The second-order valence-electron chi connectivity index (χ2n) is 5.91. The van der Waals surface area contributed by atoms with E-state index in [2.05, 4.69) is 10.3 Å². The predicted molar refractivity (Wildman–Crippen MR) is 78.5 cm³/mol. The van der Waals surface area contributed by atoms with Crippen LogP contribution in [0.25, 0.3) is 11.0 Å². The van der Waals surface area contributed by atoms with Gasteiger partial charge in [0.2, 0.25) is 9.84 Å². The fourth-order valence-electron chi connectivity index (χ4n) is 2.33. The highest BCUT2D eigenvalue weighted by molar-refractivity contribution is 8.06. The maximum absolute atomic E-state index is 13.4. The zero-order chi connectivity index (χ0) is 16.1. The van der Waals surface area contributed by atoms with Gasteiger partial charge >= 0.3 is 0 Å². The number of hydrogen-bond donors (Lipinski definition) is 0. The average molecular weight is 326 g/mol. The summed E-state index contributed by atoms with van der Waals surface area (Å²) in [7, 11) is -3.76. The van der Waals surface area contributed by atoms with E-state index in [4.69, 9.17) is 9.36 Å². The normalized spacial score (nSPS) is 19.0. The zero-order valence-corrected chi connectivity index (χ0v) is 13.1. The van der Waals surface area contributed by atoms with Gasteiger partial charge in [-0.2, -0.15) is 0 Å². The molecular weight excluding hydrogens is 311 g/mol. The summed E-state index contributed by atoms with van der Waals surface area (Å²) in [6.45, 7) is 4.99. The van der Waals surface area contributed by atoms with Crippen LogP contribution in [0, 0.1) is 5.82 Å². The van der Waals surface area contributed by atoms with Gasteiger partial charge in [0.05, 0.1) is 0 Å². The third kappa shape index (κ3) is 2.37. The van der Waals surface area contributed by atoms with Crippen molar-refractivity contribution in [3.8, 4) is 0 Å². The van der Waals surface area contributed by atoms with Crippen molar-refractivity contribution < 1.29 is 22.2 Å². The summed E-state index contributed by atoms with van der Waals surface area (Å²) in [5.41, 5.74) is -0.148. The molecule has 0 saturated heterocycles. The van der Waals surface area contributed by atoms with E-state index in [9.17, 15) is 12.8 Å². The molecule has 1 aromatic carbocycles. The van der Waals surface area contributed by atoms with Crippen molar-refractivity contribution >= 4 is 25.9 Å². The Bertz CT molecular complexity index is 870. The summed E-state index contributed by atoms with van der Waals surface area (Å²) in [6.07, 6.45) is 0.184. The van der Waals surface area contributed by atoms with Gasteiger partial charge in [-0.15, -0.1) is 0 Å². The van der Waals surface area contributed by atoms with Crippen molar-refractivity contribution in [3.05, 3.63) is 29.7 Å². The summed E-state index contributed by atoms with van der Waals surface area (Å²) in [5, 5.41) is 6.78. The molecule has 0 aliphatic carbocycles. The summed E-state index contributed by atoms with van der Waals surface area (Å²) in [4.78, 5) is 5.12. The van der Waals surface area contributed by atoms with Gasteiger partial charge in [0.15, 0.2) is 10.6 Å². The third-order valence-corrected chi connectivity index (χ3v) is 5.64. The molecule has 0 unspecified atom stereocenters. The molecule has 0 amide bonds. The van der Waals surface area contributed by atoms with Crippen LogP contribution in [0.15, 0.2) is 27.9 Å². The van der Waals surface area contributed by atoms with Gasteiger partial charge in [-0.3, -0.25) is 0 Å². The Morgan fingerprint density at radius 3 is 2.73 bits per heavy atom. The highest BCUT2D eigenvalue weighted by atomic mass is 32.2. The number of halogens is 1. The lowest BCUT2D eigenvalue weighted by atomic mass is 10.1. The van der Waals surface area contributed by atoms with Gasteiger partial charge in [0.25, 0.3) is 0 Å². The highest BCUT2D eigenvalue weighted by Crippen LogP contribution is 2.34. The molecule has 6 nitrogen and oxygen atoms in total. The van der Waals surface area contributed by atoms with Crippen LogP contribution in [0.2, 0.25) is 0 Å². The summed E-state index contributed by atoms with van der Waals surface area (Å²) in [6, 6.07) is 3.86. The van der Waals surface area contributed by atoms with E-state index in [0.29, 0.717) is 11.0 Å². The van der Waals surface area contributed by atoms with Gasteiger partial charge in [0.1, 0.15) is 22.4 Å². The highest BCUT2D eigenvalue weighted by Gasteiger charge is 2.40. The Kier molecular flexibility index (Phi) is 3.24. The minimum absolute atomic E-state index is 0.0300. The van der Waals surface area contributed by atoms with Crippen LogP contribution in [0.3, 0.4) is 0 Å². The molecule has 1 aliphatic rings. The summed E-state index contributed by atoms with van der Waals surface area (Å²) in [5.74, 6) is -0.482. The third-order valence-electron chi connectivity index (χ3n) is 3.61. The Labute approximate surface area is 126 Å². The SMILES string of the molecule is C[C@@H](c1noc2ccc(F)cc12)S(=O)(=O)C1=NOC(C)(C)C1. The number of benzene rings is 1. The van der Waals surface area contributed by atoms with E-state index >= 15 is 0 Å². The van der Waals surface area contributed by atoms with Gasteiger partial charge in [-0.1, -0.05) is 10.3 Å². The Morgan fingerprint density at radius 1 is 1.36 bits per heavy atom. The maximum atomic E-state index is 13.4. The number of aromatic nitrogens is 1. The fourth-order valence-corrected chi connectivity index (χ4v) is 3.89. The number of rotatable bonds is 2. The van der Waals surface area contributed by atoms with Gasteiger partial charge in [-0.05, 0) is 39.0 Å². The number of nitrogens with zero attached hydrogens (tertiary/aromatic N) is 2. The first-order chi connectivity index (χ1) is 10.2. The summed E-state index contributed by atoms with van der Waals surface area (Å²) >= 11 is 0. The molecule has 0 spiro atoms. The molecule has 2 aromatic rings. The Hall–Kier alpha value is -1.96. The molecule has 1 atom stereocenters. The van der Waals surface area contributed by atoms with Crippen molar-refractivity contribution in [1.29, 1.82) is 0 Å². The van der Waals surface area contributed by atoms with Crippen molar-refractivity contribution in [1.82, 2.24) is 5.16 Å². The average Bonchev–Trinajstić information content (AvgIpc) is 3.01. The van der Waals surface area contributed by atoms with E-state index in [0.717, 1.165) is 0 Å². The number of hydrogen-bond acceptors (Lipinski definition) is 6. The fraction of sp³-hybridized carbons (Fsp3) is 0.429. The van der Waals surface area contributed by atoms with E-state index in [1.54, 1.807) is 13.8 Å². The predicted octanol–water partition coefficient (Wildman–Crippen LogP) is 2.96. The summed E-state index contributed by atoms with van der Waals surface area (Å²) < 4.78 is 43.8. The van der Waals surface area contributed by atoms with Crippen molar-refractivity contribution in [2.75, 3.05) is 0 Å². The smallest absolute Gasteiger partial charge is 0.203 e. The Balaban J connectivity index is 2.02. The molecule has 1 aliphatic heterocycles. The van der Waals surface area contributed by atoms with Gasteiger partial charge in [0, 0.05) is 11.8 Å². The molecule has 0 N–H and O–H groups in total. The monoisotopic (exact) mass is 326 g/mol. The van der Waals surface area contributed by atoms with E-state index < -0.39 is 26.5 Å². The van der Waals surface area contributed by atoms with Crippen LogP contribution in [0.4, 0.5) is 4.39 Å². The van der Waals surface area contributed by atoms with E-state index in [1.807, 2.05) is 0 Å². The first-order valence-corrected chi connectivity index (χ1v) is 8.29. The van der Waals surface area contributed by atoms with Crippen LogP contribution < -0.4 is 0 Å². The quantitative estimate of drug-likeness (QED) is 0.847. The van der Waals surface area contributed by atoms with E-state index in [1.165, 1.54) is 25.1 Å². The zero-order valence-electron chi connectivity index (χ0n) is 12.3. The second-order valence-corrected chi connectivity index (χ2v) is 8.18. The van der Waals surface area contributed by atoms with Gasteiger partial charge in [-0.25, -0.2) is 12.8 Å². The molecule has 22 heavy (non-hydrogen) atoms. The number of oxime groups is 1. The van der Waals surface area contributed by atoms with Crippen molar-refractivity contribution in [3.63, 3.8) is 0 Å². The van der Waals surface area contributed by atoms with Crippen molar-refractivity contribution in [2.45, 2.75) is 38.0 Å². The Morgan fingerprint density at radius 2 is 2.09 bits per heavy atom. The molecule has 8 heteroatoms. The molecule has 3 rings (SSSR count). The van der Waals surface area contributed by atoms with Crippen LogP contribution in [-0.4, -0.2) is 24.2 Å². The molecule has 0 radical (unpaired) electrons. The molecular formula is C14H15FN2O4S. The van der Waals surface area contributed by atoms with Crippen molar-refractivity contribution in [2.24, 2.45) is 5.16 Å². The minimum Gasteiger partial charge on any atom is -0.389 e.